The van der Waals surface area contributed by atoms with Crippen molar-refractivity contribution in [2.75, 3.05) is 19.6 Å². The molecule has 2 unspecified atom stereocenters. The van der Waals surface area contributed by atoms with Gasteiger partial charge >= 0.3 is 6.18 Å². The summed E-state index contributed by atoms with van der Waals surface area (Å²) >= 11 is 0. The van der Waals surface area contributed by atoms with Crippen molar-refractivity contribution in [2.45, 2.75) is 30.9 Å². The molecule has 118 valence electrons. The van der Waals surface area contributed by atoms with Crippen LogP contribution < -0.4 is 0 Å². The number of likely N-dealkylation sites (tertiary alicyclic amines) is 1. The number of alkyl halides is 3. The number of rotatable bonds is 3. The second kappa shape index (κ2) is 6.31. The number of hydrogen-bond acceptors (Lipinski definition) is 4. The highest BCUT2D eigenvalue weighted by Crippen LogP contribution is 2.29. The Morgan fingerprint density at radius 2 is 1.71 bits per heavy atom. The lowest BCUT2D eigenvalue weighted by Gasteiger charge is -2.36. The monoisotopic (exact) mass is 305 g/mol. The standard InChI is InChI=1S/C14H18F3NO3/c15-14(16,17)10-3-1-2-9(6-10)4-5-18-7-11(19)13(21)12(20)8-18/h1-3,6,11-13,19-21H,4-5,7-8H2. The van der Waals surface area contributed by atoms with Crippen LogP contribution in [0.4, 0.5) is 13.2 Å². The van der Waals surface area contributed by atoms with E-state index in [9.17, 15) is 28.5 Å². The molecule has 0 aromatic heterocycles. The van der Waals surface area contributed by atoms with Crippen molar-refractivity contribution in [3.63, 3.8) is 0 Å². The van der Waals surface area contributed by atoms with Crippen molar-refractivity contribution in [3.8, 4) is 0 Å². The molecule has 3 N–H and O–H groups in total. The number of aliphatic hydroxyl groups excluding tert-OH is 3. The van der Waals surface area contributed by atoms with E-state index >= 15 is 0 Å². The highest BCUT2D eigenvalue weighted by atomic mass is 19.4. The second-order valence-electron chi connectivity index (χ2n) is 5.33. The van der Waals surface area contributed by atoms with Gasteiger partial charge in [-0.3, -0.25) is 4.90 Å². The number of hydrogen-bond donors (Lipinski definition) is 3. The highest BCUT2D eigenvalue weighted by molar-refractivity contribution is 5.25. The summed E-state index contributed by atoms with van der Waals surface area (Å²) in [7, 11) is 0. The summed E-state index contributed by atoms with van der Waals surface area (Å²) in [5.41, 5.74) is -0.144. The molecule has 1 fully saturated rings. The first-order chi connectivity index (χ1) is 9.77. The van der Waals surface area contributed by atoms with Crippen LogP contribution in [0.1, 0.15) is 11.1 Å². The maximum atomic E-state index is 12.6. The Bertz CT molecular complexity index is 469. The summed E-state index contributed by atoms with van der Waals surface area (Å²) in [5, 5.41) is 28.6. The minimum absolute atomic E-state index is 0.192. The third kappa shape index (κ3) is 4.16. The zero-order valence-electron chi connectivity index (χ0n) is 11.3. The fourth-order valence-electron chi connectivity index (χ4n) is 2.45. The molecule has 0 saturated carbocycles. The molecular formula is C14H18F3NO3. The fraction of sp³-hybridized carbons (Fsp3) is 0.571. The maximum Gasteiger partial charge on any atom is 0.416 e. The Hall–Kier alpha value is -1.15. The SMILES string of the molecule is OC1CN(CCc2cccc(C(F)(F)F)c2)CC(O)C1O. The number of halogens is 3. The lowest BCUT2D eigenvalue weighted by molar-refractivity contribution is -0.137. The van der Waals surface area contributed by atoms with E-state index in [2.05, 4.69) is 0 Å². The van der Waals surface area contributed by atoms with E-state index in [4.69, 9.17) is 0 Å². The van der Waals surface area contributed by atoms with Gasteiger partial charge in [-0.1, -0.05) is 18.2 Å². The molecule has 2 rings (SSSR count). The minimum atomic E-state index is -4.36. The molecule has 0 amide bonds. The zero-order valence-corrected chi connectivity index (χ0v) is 11.3. The van der Waals surface area contributed by atoms with Crippen LogP contribution in [0, 0.1) is 0 Å². The van der Waals surface area contributed by atoms with Gasteiger partial charge in [0, 0.05) is 19.6 Å². The predicted molar refractivity (Wildman–Crippen MR) is 69.6 cm³/mol. The molecule has 1 heterocycles. The normalized spacial score (nSPS) is 27.8. The summed E-state index contributed by atoms with van der Waals surface area (Å²) in [5.74, 6) is 0. The van der Waals surface area contributed by atoms with E-state index in [0.717, 1.165) is 12.1 Å². The van der Waals surface area contributed by atoms with Gasteiger partial charge in [-0.2, -0.15) is 13.2 Å². The Labute approximate surface area is 120 Å². The Morgan fingerprint density at radius 1 is 1.10 bits per heavy atom. The van der Waals surface area contributed by atoms with Crippen LogP contribution in [-0.2, 0) is 12.6 Å². The summed E-state index contributed by atoms with van der Waals surface area (Å²) < 4.78 is 37.8. The van der Waals surface area contributed by atoms with Crippen LogP contribution in [0.25, 0.3) is 0 Å². The number of nitrogens with zero attached hydrogens (tertiary/aromatic N) is 1. The first-order valence-electron chi connectivity index (χ1n) is 6.70. The first kappa shape index (κ1) is 16.2. The van der Waals surface area contributed by atoms with E-state index in [0.29, 0.717) is 18.5 Å². The van der Waals surface area contributed by atoms with Gasteiger partial charge in [0.15, 0.2) is 0 Å². The summed E-state index contributed by atoms with van der Waals surface area (Å²) in [4.78, 5) is 1.72. The molecule has 1 aliphatic rings. The molecule has 1 aromatic carbocycles. The van der Waals surface area contributed by atoms with E-state index < -0.39 is 30.1 Å². The largest absolute Gasteiger partial charge is 0.416 e. The summed E-state index contributed by atoms with van der Waals surface area (Å²) in [6.45, 7) is 0.788. The Balaban J connectivity index is 1.94. The van der Waals surface area contributed by atoms with Crippen molar-refractivity contribution in [2.24, 2.45) is 0 Å². The van der Waals surface area contributed by atoms with Crippen molar-refractivity contribution in [3.05, 3.63) is 35.4 Å². The maximum absolute atomic E-state index is 12.6. The smallest absolute Gasteiger partial charge is 0.389 e. The molecule has 1 aliphatic heterocycles. The van der Waals surface area contributed by atoms with E-state index in [1.54, 1.807) is 11.0 Å². The predicted octanol–water partition coefficient (Wildman–Crippen LogP) is 0.646. The number of piperidine rings is 1. The lowest BCUT2D eigenvalue weighted by atomic mass is 10.0. The molecule has 2 atom stereocenters. The topological polar surface area (TPSA) is 63.9 Å². The third-order valence-corrected chi connectivity index (χ3v) is 3.65. The third-order valence-electron chi connectivity index (χ3n) is 3.65. The molecule has 1 aromatic rings. The fourth-order valence-corrected chi connectivity index (χ4v) is 2.45. The van der Waals surface area contributed by atoms with Crippen LogP contribution >= 0.6 is 0 Å². The van der Waals surface area contributed by atoms with E-state index in [1.165, 1.54) is 6.07 Å². The second-order valence-corrected chi connectivity index (χ2v) is 5.33. The average molecular weight is 305 g/mol. The van der Waals surface area contributed by atoms with E-state index in [1.807, 2.05) is 0 Å². The lowest BCUT2D eigenvalue weighted by Crippen LogP contribution is -2.55. The molecule has 1 saturated heterocycles. The summed E-state index contributed by atoms with van der Waals surface area (Å²) in [6.07, 6.45) is -7.25. The molecule has 0 aliphatic carbocycles. The molecule has 21 heavy (non-hydrogen) atoms. The van der Waals surface area contributed by atoms with Crippen molar-refractivity contribution < 1.29 is 28.5 Å². The summed E-state index contributed by atoms with van der Waals surface area (Å²) in [6, 6.07) is 5.10. The molecule has 0 bridgehead atoms. The Kier molecular flexibility index (Phi) is 4.88. The Morgan fingerprint density at radius 3 is 2.29 bits per heavy atom. The van der Waals surface area contributed by atoms with Gasteiger partial charge in [-0.05, 0) is 18.1 Å². The van der Waals surface area contributed by atoms with Gasteiger partial charge in [0.2, 0.25) is 0 Å². The van der Waals surface area contributed by atoms with Crippen LogP contribution in [0.3, 0.4) is 0 Å². The number of benzene rings is 1. The first-order valence-corrected chi connectivity index (χ1v) is 6.70. The average Bonchev–Trinajstić information content (AvgIpc) is 2.42. The van der Waals surface area contributed by atoms with Crippen molar-refractivity contribution in [1.82, 2.24) is 4.90 Å². The minimum Gasteiger partial charge on any atom is -0.389 e. The van der Waals surface area contributed by atoms with Gasteiger partial charge in [0.1, 0.15) is 6.10 Å². The van der Waals surface area contributed by atoms with Gasteiger partial charge in [-0.15, -0.1) is 0 Å². The van der Waals surface area contributed by atoms with Crippen molar-refractivity contribution in [1.29, 1.82) is 0 Å². The zero-order chi connectivity index (χ0) is 15.6. The van der Waals surface area contributed by atoms with Crippen LogP contribution in [-0.4, -0.2) is 58.2 Å². The highest BCUT2D eigenvalue weighted by Gasteiger charge is 2.33. The van der Waals surface area contributed by atoms with Gasteiger partial charge in [0.25, 0.3) is 0 Å². The van der Waals surface area contributed by atoms with Gasteiger partial charge < -0.3 is 15.3 Å². The number of aliphatic hydroxyl groups is 3. The van der Waals surface area contributed by atoms with Gasteiger partial charge in [0.05, 0.1) is 17.8 Å². The molecule has 0 spiro atoms. The van der Waals surface area contributed by atoms with Gasteiger partial charge in [-0.25, -0.2) is 0 Å². The molecule has 0 radical (unpaired) electrons. The molecule has 4 nitrogen and oxygen atoms in total. The van der Waals surface area contributed by atoms with Crippen LogP contribution in [0.15, 0.2) is 24.3 Å². The van der Waals surface area contributed by atoms with Crippen molar-refractivity contribution >= 4 is 0 Å². The quantitative estimate of drug-likeness (QED) is 0.767. The van der Waals surface area contributed by atoms with Crippen LogP contribution in [0.2, 0.25) is 0 Å². The van der Waals surface area contributed by atoms with Crippen LogP contribution in [0.5, 0.6) is 0 Å². The van der Waals surface area contributed by atoms with E-state index in [-0.39, 0.29) is 13.1 Å². The molecule has 7 heteroatoms. The number of β-amino-alcohol motifs (C(OH)–C–C–N with tert-alkyl or cyclic N) is 2. The molecular weight excluding hydrogens is 287 g/mol.